The molecule has 0 fully saturated rings. The second-order valence-electron chi connectivity index (χ2n) is 9.04. The molecule has 0 radical (unpaired) electrons. The van der Waals surface area contributed by atoms with Gasteiger partial charge in [0.2, 0.25) is 0 Å². The predicted octanol–water partition coefficient (Wildman–Crippen LogP) is 5.42. The molecule has 0 aliphatic heterocycles. The first-order chi connectivity index (χ1) is 9.84. The fourth-order valence-corrected chi connectivity index (χ4v) is 2.61. The number of hydrogen-bond acceptors (Lipinski definition) is 2. The summed E-state index contributed by atoms with van der Waals surface area (Å²) in [5.41, 5.74) is 9.49. The topological polar surface area (TPSA) is 46.2 Å². The normalized spacial score (nSPS) is 14.5. The van der Waals surface area contributed by atoms with Crippen LogP contribution in [0.25, 0.3) is 0 Å². The molecule has 2 heteroatoms. The van der Waals surface area contributed by atoms with Gasteiger partial charge in [0, 0.05) is 11.6 Å². The van der Waals surface area contributed by atoms with Gasteiger partial charge in [0.15, 0.2) is 0 Å². The van der Waals surface area contributed by atoms with E-state index in [9.17, 15) is 5.11 Å². The monoisotopic (exact) mass is 305 g/mol. The van der Waals surface area contributed by atoms with E-state index in [1.807, 2.05) is 0 Å². The Balaban J connectivity index is 3.37. The van der Waals surface area contributed by atoms with E-state index in [4.69, 9.17) is 5.73 Å². The Kier molecular flexibility index (Phi) is 5.72. The molecule has 0 spiro atoms. The number of phenolic OH excluding ortho intramolecular Hbond substituents is 1. The Morgan fingerprint density at radius 3 is 1.91 bits per heavy atom. The highest BCUT2D eigenvalue weighted by atomic mass is 16.3. The summed E-state index contributed by atoms with van der Waals surface area (Å²) in [5.74, 6) is 1.01. The molecule has 1 atom stereocenters. The zero-order chi connectivity index (χ0) is 17.3. The maximum Gasteiger partial charge on any atom is 0.124 e. The second-order valence-corrected chi connectivity index (χ2v) is 9.04. The number of rotatable bonds is 4. The Labute approximate surface area is 137 Å². The molecule has 0 heterocycles. The minimum absolute atomic E-state index is 0.0419. The lowest BCUT2D eigenvalue weighted by Gasteiger charge is -2.29. The Bertz CT molecular complexity index is 504. The van der Waals surface area contributed by atoms with Crippen molar-refractivity contribution in [2.75, 3.05) is 0 Å². The SMILES string of the molecule is CC(C)CC[C@@H](N)c1cc(C(C)(C)C)cc(C(C)(C)C)c1O. The van der Waals surface area contributed by atoms with E-state index >= 15 is 0 Å². The third-order valence-corrected chi connectivity index (χ3v) is 4.27. The van der Waals surface area contributed by atoms with Crippen molar-refractivity contribution >= 4 is 0 Å². The van der Waals surface area contributed by atoms with Crippen molar-refractivity contribution in [1.82, 2.24) is 0 Å². The van der Waals surface area contributed by atoms with Crippen LogP contribution in [0, 0.1) is 5.92 Å². The molecule has 0 saturated heterocycles. The van der Waals surface area contributed by atoms with E-state index in [1.54, 1.807) is 0 Å². The van der Waals surface area contributed by atoms with Gasteiger partial charge in [0.05, 0.1) is 0 Å². The smallest absolute Gasteiger partial charge is 0.124 e. The van der Waals surface area contributed by atoms with Crippen LogP contribution in [-0.2, 0) is 10.8 Å². The van der Waals surface area contributed by atoms with Gasteiger partial charge >= 0.3 is 0 Å². The fraction of sp³-hybridized carbons (Fsp3) is 0.700. The van der Waals surface area contributed by atoms with Crippen molar-refractivity contribution in [2.45, 2.75) is 85.1 Å². The molecule has 0 amide bonds. The van der Waals surface area contributed by atoms with Gasteiger partial charge in [-0.3, -0.25) is 0 Å². The van der Waals surface area contributed by atoms with Crippen molar-refractivity contribution in [1.29, 1.82) is 0 Å². The summed E-state index contributed by atoms with van der Waals surface area (Å²) >= 11 is 0. The van der Waals surface area contributed by atoms with Gasteiger partial charge in [0.25, 0.3) is 0 Å². The minimum Gasteiger partial charge on any atom is -0.507 e. The third kappa shape index (κ3) is 4.74. The van der Waals surface area contributed by atoms with Gasteiger partial charge in [-0.2, -0.15) is 0 Å². The number of hydrogen-bond donors (Lipinski definition) is 2. The van der Waals surface area contributed by atoms with Gasteiger partial charge in [-0.25, -0.2) is 0 Å². The number of benzene rings is 1. The number of phenols is 1. The Morgan fingerprint density at radius 1 is 0.955 bits per heavy atom. The first-order valence-corrected chi connectivity index (χ1v) is 8.47. The van der Waals surface area contributed by atoms with Crippen LogP contribution < -0.4 is 5.73 Å². The highest BCUT2D eigenvalue weighted by Crippen LogP contribution is 2.40. The lowest BCUT2D eigenvalue weighted by molar-refractivity contribution is 0.424. The van der Waals surface area contributed by atoms with E-state index in [2.05, 4.69) is 67.5 Å². The van der Waals surface area contributed by atoms with Gasteiger partial charge in [-0.1, -0.05) is 61.5 Å². The van der Waals surface area contributed by atoms with E-state index in [0.717, 1.165) is 24.0 Å². The zero-order valence-electron chi connectivity index (χ0n) is 15.7. The first kappa shape index (κ1) is 19.0. The molecule has 0 bridgehead atoms. The highest BCUT2D eigenvalue weighted by molar-refractivity contribution is 5.49. The summed E-state index contributed by atoms with van der Waals surface area (Å²) in [6.45, 7) is 17.4. The standard InChI is InChI=1S/C20H35NO/c1-13(2)9-10-17(21)15-11-14(19(3,4)5)12-16(18(15)22)20(6,7)8/h11-13,17,22H,9-10,21H2,1-8H3/t17-/m1/s1. The lowest BCUT2D eigenvalue weighted by Crippen LogP contribution is -2.20. The Hall–Kier alpha value is -1.02. The summed E-state index contributed by atoms with van der Waals surface area (Å²) in [4.78, 5) is 0. The quantitative estimate of drug-likeness (QED) is 0.779. The lowest BCUT2D eigenvalue weighted by atomic mass is 9.78. The van der Waals surface area contributed by atoms with Crippen molar-refractivity contribution in [3.63, 3.8) is 0 Å². The van der Waals surface area contributed by atoms with E-state index in [-0.39, 0.29) is 16.9 Å². The predicted molar refractivity (Wildman–Crippen MR) is 96.5 cm³/mol. The van der Waals surface area contributed by atoms with Crippen LogP contribution in [0.4, 0.5) is 0 Å². The molecule has 1 rings (SSSR count). The molecule has 126 valence electrons. The van der Waals surface area contributed by atoms with Gasteiger partial charge < -0.3 is 10.8 Å². The molecule has 0 saturated carbocycles. The summed E-state index contributed by atoms with van der Waals surface area (Å²) in [5, 5.41) is 10.8. The maximum absolute atomic E-state index is 10.8. The average Bonchev–Trinajstić information content (AvgIpc) is 2.33. The van der Waals surface area contributed by atoms with Crippen LogP contribution in [-0.4, -0.2) is 5.11 Å². The molecule has 0 aliphatic rings. The van der Waals surface area contributed by atoms with Gasteiger partial charge in [-0.05, 0) is 46.8 Å². The van der Waals surface area contributed by atoms with Crippen LogP contribution in [0.3, 0.4) is 0 Å². The molecule has 0 aliphatic carbocycles. The van der Waals surface area contributed by atoms with E-state index in [1.165, 1.54) is 5.56 Å². The van der Waals surface area contributed by atoms with Crippen LogP contribution in [0.2, 0.25) is 0 Å². The number of aromatic hydroxyl groups is 1. The van der Waals surface area contributed by atoms with E-state index < -0.39 is 0 Å². The molecule has 3 N–H and O–H groups in total. The Morgan fingerprint density at radius 2 is 1.50 bits per heavy atom. The fourth-order valence-electron chi connectivity index (χ4n) is 2.61. The largest absolute Gasteiger partial charge is 0.507 e. The minimum atomic E-state index is -0.106. The highest BCUT2D eigenvalue weighted by Gasteiger charge is 2.26. The summed E-state index contributed by atoms with van der Waals surface area (Å²) in [6, 6.07) is 4.15. The van der Waals surface area contributed by atoms with Crippen LogP contribution >= 0.6 is 0 Å². The molecule has 0 aromatic heterocycles. The third-order valence-electron chi connectivity index (χ3n) is 4.27. The van der Waals surface area contributed by atoms with Gasteiger partial charge in [0.1, 0.15) is 5.75 Å². The van der Waals surface area contributed by atoms with Gasteiger partial charge in [-0.15, -0.1) is 0 Å². The van der Waals surface area contributed by atoms with Crippen LogP contribution in [0.1, 0.15) is 91.0 Å². The van der Waals surface area contributed by atoms with Crippen molar-refractivity contribution < 1.29 is 5.11 Å². The number of nitrogens with two attached hydrogens (primary N) is 1. The molecule has 0 unspecified atom stereocenters. The maximum atomic E-state index is 10.8. The summed E-state index contributed by atoms with van der Waals surface area (Å²) in [6.07, 6.45) is 1.98. The van der Waals surface area contributed by atoms with Crippen molar-refractivity contribution in [3.05, 3.63) is 28.8 Å². The first-order valence-electron chi connectivity index (χ1n) is 8.47. The van der Waals surface area contributed by atoms with Crippen molar-refractivity contribution in [2.24, 2.45) is 11.7 Å². The molecule has 1 aromatic carbocycles. The molecular formula is C20H35NO. The van der Waals surface area contributed by atoms with E-state index in [0.29, 0.717) is 11.7 Å². The molecular weight excluding hydrogens is 270 g/mol. The molecule has 1 aromatic rings. The van der Waals surface area contributed by atoms with Crippen LogP contribution in [0.15, 0.2) is 12.1 Å². The summed E-state index contributed by atoms with van der Waals surface area (Å²) < 4.78 is 0. The average molecular weight is 306 g/mol. The van der Waals surface area contributed by atoms with Crippen LogP contribution in [0.5, 0.6) is 5.75 Å². The molecule has 22 heavy (non-hydrogen) atoms. The zero-order valence-corrected chi connectivity index (χ0v) is 15.7. The molecule has 2 nitrogen and oxygen atoms in total. The summed E-state index contributed by atoms with van der Waals surface area (Å²) in [7, 11) is 0. The van der Waals surface area contributed by atoms with Crippen molar-refractivity contribution in [3.8, 4) is 5.75 Å². The second kappa shape index (κ2) is 6.62.